The molecular formula is C15H17F3N2O4. The maximum atomic E-state index is 12.7. The fourth-order valence-corrected chi connectivity index (χ4v) is 2.72. The van der Waals surface area contributed by atoms with Crippen molar-refractivity contribution < 1.29 is 27.6 Å². The molecule has 6 nitrogen and oxygen atoms in total. The number of benzene rings is 1. The summed E-state index contributed by atoms with van der Waals surface area (Å²) in [6.45, 7) is 2.91. The minimum Gasteiger partial charge on any atom is -0.381 e. The average Bonchev–Trinajstić information content (AvgIpc) is 3.05. The van der Waals surface area contributed by atoms with Crippen LogP contribution in [0.2, 0.25) is 0 Å². The van der Waals surface area contributed by atoms with E-state index in [2.05, 4.69) is 5.32 Å². The molecule has 0 radical (unpaired) electrons. The molecule has 0 spiro atoms. The monoisotopic (exact) mass is 346 g/mol. The molecule has 1 saturated heterocycles. The van der Waals surface area contributed by atoms with E-state index in [1.54, 1.807) is 0 Å². The molecule has 0 saturated carbocycles. The van der Waals surface area contributed by atoms with Crippen LogP contribution < -0.4 is 5.32 Å². The Morgan fingerprint density at radius 1 is 1.50 bits per heavy atom. The fourth-order valence-electron chi connectivity index (χ4n) is 2.72. The fraction of sp³-hybridized carbons (Fsp3) is 0.533. The first-order valence-corrected chi connectivity index (χ1v) is 7.48. The van der Waals surface area contributed by atoms with Crippen molar-refractivity contribution in [3.8, 4) is 0 Å². The van der Waals surface area contributed by atoms with Gasteiger partial charge in [0.25, 0.3) is 11.6 Å². The third-order valence-corrected chi connectivity index (χ3v) is 4.06. The van der Waals surface area contributed by atoms with Gasteiger partial charge in [-0.05, 0) is 25.0 Å². The molecule has 1 heterocycles. The molecule has 1 fully saturated rings. The molecule has 24 heavy (non-hydrogen) atoms. The number of nitro groups is 1. The SMILES string of the molecule is CC[C@@H](NC(=O)c1ccc(C(F)(F)F)cc1[N+](=O)[O-])[C@H]1CCOC1. The van der Waals surface area contributed by atoms with Gasteiger partial charge in [-0.1, -0.05) is 6.92 Å². The molecule has 0 aliphatic carbocycles. The summed E-state index contributed by atoms with van der Waals surface area (Å²) >= 11 is 0. The number of carbonyl (C=O) groups excluding carboxylic acids is 1. The third-order valence-electron chi connectivity index (χ3n) is 4.06. The van der Waals surface area contributed by atoms with Gasteiger partial charge in [0.15, 0.2) is 0 Å². The molecule has 2 rings (SSSR count). The van der Waals surface area contributed by atoms with Crippen LogP contribution in [0.1, 0.15) is 35.7 Å². The second-order valence-corrected chi connectivity index (χ2v) is 5.60. The number of halogens is 3. The Labute approximate surface area is 136 Å². The van der Waals surface area contributed by atoms with Crippen molar-refractivity contribution in [3.63, 3.8) is 0 Å². The highest BCUT2D eigenvalue weighted by atomic mass is 19.4. The highest BCUT2D eigenvalue weighted by molar-refractivity contribution is 5.98. The molecule has 1 amide bonds. The quantitative estimate of drug-likeness (QED) is 0.656. The molecule has 1 N–H and O–H groups in total. The van der Waals surface area contributed by atoms with Crippen molar-refractivity contribution in [2.45, 2.75) is 32.0 Å². The average molecular weight is 346 g/mol. The number of rotatable bonds is 5. The van der Waals surface area contributed by atoms with Gasteiger partial charge >= 0.3 is 6.18 Å². The molecule has 1 aliphatic heterocycles. The van der Waals surface area contributed by atoms with Crippen LogP contribution in [0.4, 0.5) is 18.9 Å². The van der Waals surface area contributed by atoms with E-state index in [4.69, 9.17) is 4.74 Å². The third kappa shape index (κ3) is 4.02. The molecule has 0 aromatic heterocycles. The Kier molecular flexibility index (Phi) is 5.43. The first-order chi connectivity index (χ1) is 11.2. The number of alkyl halides is 3. The molecular weight excluding hydrogens is 329 g/mol. The first kappa shape index (κ1) is 18.2. The zero-order chi connectivity index (χ0) is 17.9. The standard InChI is InChI=1S/C15H17F3N2O4/c1-2-12(9-5-6-24-8-9)19-14(21)11-4-3-10(15(16,17)18)7-13(11)20(22)23/h3-4,7,9,12H,2,5-6,8H2,1H3,(H,19,21)/t9-,12+/m0/s1. The summed E-state index contributed by atoms with van der Waals surface area (Å²) in [5, 5.41) is 13.7. The van der Waals surface area contributed by atoms with Gasteiger partial charge in [-0.15, -0.1) is 0 Å². The van der Waals surface area contributed by atoms with Gasteiger partial charge in [-0.3, -0.25) is 14.9 Å². The van der Waals surface area contributed by atoms with Crippen molar-refractivity contribution in [3.05, 3.63) is 39.4 Å². The smallest absolute Gasteiger partial charge is 0.381 e. The molecule has 0 bridgehead atoms. The summed E-state index contributed by atoms with van der Waals surface area (Å²) < 4.78 is 43.3. The molecule has 1 aromatic carbocycles. The normalized spacial score (nSPS) is 19.1. The first-order valence-electron chi connectivity index (χ1n) is 7.48. The van der Waals surface area contributed by atoms with Crippen LogP contribution in [-0.2, 0) is 10.9 Å². The van der Waals surface area contributed by atoms with E-state index >= 15 is 0 Å². The molecule has 1 aromatic rings. The lowest BCUT2D eigenvalue weighted by Gasteiger charge is -2.22. The Hall–Kier alpha value is -2.16. The highest BCUT2D eigenvalue weighted by Gasteiger charge is 2.34. The predicted molar refractivity (Wildman–Crippen MR) is 78.6 cm³/mol. The lowest BCUT2D eigenvalue weighted by Crippen LogP contribution is -2.40. The van der Waals surface area contributed by atoms with Gasteiger partial charge in [-0.25, -0.2) is 0 Å². The summed E-state index contributed by atoms with van der Waals surface area (Å²) in [6.07, 6.45) is -3.37. The number of nitrogens with one attached hydrogen (secondary N) is 1. The lowest BCUT2D eigenvalue weighted by molar-refractivity contribution is -0.385. The Morgan fingerprint density at radius 3 is 2.71 bits per heavy atom. The summed E-state index contributed by atoms with van der Waals surface area (Å²) in [5.41, 5.74) is -2.41. The van der Waals surface area contributed by atoms with E-state index in [1.165, 1.54) is 0 Å². The van der Waals surface area contributed by atoms with Crippen molar-refractivity contribution in [2.24, 2.45) is 5.92 Å². The number of nitrogens with zero attached hydrogens (tertiary/aromatic N) is 1. The summed E-state index contributed by atoms with van der Waals surface area (Å²) in [7, 11) is 0. The van der Waals surface area contributed by atoms with Gasteiger partial charge in [0, 0.05) is 24.6 Å². The van der Waals surface area contributed by atoms with Gasteiger partial charge in [0.2, 0.25) is 0 Å². The second-order valence-electron chi connectivity index (χ2n) is 5.60. The van der Waals surface area contributed by atoms with Crippen molar-refractivity contribution in [1.29, 1.82) is 0 Å². The highest BCUT2D eigenvalue weighted by Crippen LogP contribution is 2.33. The Morgan fingerprint density at radius 2 is 2.21 bits per heavy atom. The van der Waals surface area contributed by atoms with Gasteiger partial charge in [0.1, 0.15) is 5.56 Å². The van der Waals surface area contributed by atoms with Crippen LogP contribution in [0.25, 0.3) is 0 Å². The van der Waals surface area contributed by atoms with E-state index in [0.717, 1.165) is 12.5 Å². The Balaban J connectivity index is 2.26. The van der Waals surface area contributed by atoms with Gasteiger partial charge in [0.05, 0.1) is 17.1 Å². The van der Waals surface area contributed by atoms with Crippen LogP contribution in [0.15, 0.2) is 18.2 Å². The lowest BCUT2D eigenvalue weighted by atomic mass is 9.96. The number of hydrogen-bond acceptors (Lipinski definition) is 4. The van der Waals surface area contributed by atoms with Gasteiger partial charge < -0.3 is 10.1 Å². The van der Waals surface area contributed by atoms with Crippen molar-refractivity contribution >= 4 is 11.6 Å². The van der Waals surface area contributed by atoms with E-state index in [-0.39, 0.29) is 17.5 Å². The molecule has 132 valence electrons. The van der Waals surface area contributed by atoms with Gasteiger partial charge in [-0.2, -0.15) is 13.2 Å². The van der Waals surface area contributed by atoms with Crippen LogP contribution in [0, 0.1) is 16.0 Å². The van der Waals surface area contributed by atoms with E-state index in [9.17, 15) is 28.1 Å². The van der Waals surface area contributed by atoms with Crippen LogP contribution in [0.3, 0.4) is 0 Å². The maximum absolute atomic E-state index is 12.7. The zero-order valence-electron chi connectivity index (χ0n) is 12.9. The van der Waals surface area contributed by atoms with Crippen LogP contribution >= 0.6 is 0 Å². The minimum atomic E-state index is -4.72. The van der Waals surface area contributed by atoms with Crippen LogP contribution in [0.5, 0.6) is 0 Å². The molecule has 2 atom stereocenters. The Bertz CT molecular complexity index is 628. The number of nitro benzene ring substituents is 1. The van der Waals surface area contributed by atoms with Crippen molar-refractivity contribution in [1.82, 2.24) is 5.32 Å². The predicted octanol–water partition coefficient (Wildman–Crippen LogP) is 3.16. The number of hydrogen-bond donors (Lipinski definition) is 1. The number of amides is 1. The second kappa shape index (κ2) is 7.16. The topological polar surface area (TPSA) is 81.5 Å². The largest absolute Gasteiger partial charge is 0.416 e. The molecule has 1 aliphatic rings. The van der Waals surface area contributed by atoms with Crippen molar-refractivity contribution in [2.75, 3.05) is 13.2 Å². The minimum absolute atomic E-state index is 0.0902. The maximum Gasteiger partial charge on any atom is 0.416 e. The number of carbonyl (C=O) groups is 1. The summed E-state index contributed by atoms with van der Waals surface area (Å²) in [4.78, 5) is 22.4. The van der Waals surface area contributed by atoms with Crippen LogP contribution in [-0.4, -0.2) is 30.1 Å². The van der Waals surface area contributed by atoms with E-state index < -0.39 is 28.3 Å². The summed E-state index contributed by atoms with van der Waals surface area (Å²) in [5.74, 6) is -0.665. The van der Waals surface area contributed by atoms with E-state index in [1.807, 2.05) is 6.92 Å². The zero-order valence-corrected chi connectivity index (χ0v) is 12.9. The number of ether oxygens (including phenoxy) is 1. The summed E-state index contributed by atoms with van der Waals surface area (Å²) in [6, 6.07) is 1.64. The molecule has 0 unspecified atom stereocenters. The van der Waals surface area contributed by atoms with E-state index in [0.29, 0.717) is 31.8 Å². The molecule has 9 heteroatoms.